The second-order valence-corrected chi connectivity index (χ2v) is 3.16. The van der Waals surface area contributed by atoms with Crippen LogP contribution in [0.15, 0.2) is 28.5 Å². The van der Waals surface area contributed by atoms with Crippen LogP contribution in [0.2, 0.25) is 0 Å². The van der Waals surface area contributed by atoms with Crippen molar-refractivity contribution in [1.82, 2.24) is 4.98 Å². The molecule has 0 spiro atoms. The molecule has 0 fully saturated rings. The summed E-state index contributed by atoms with van der Waals surface area (Å²) >= 11 is 1.25. The summed E-state index contributed by atoms with van der Waals surface area (Å²) in [5.74, 6) is -0.498. The number of benzene rings is 1. The van der Waals surface area contributed by atoms with Gasteiger partial charge in [0.1, 0.15) is 5.82 Å². The molecule has 1 aromatic carbocycles. The lowest BCUT2D eigenvalue weighted by Gasteiger charge is -1.93. The highest BCUT2D eigenvalue weighted by atomic mass is 32.1. The normalized spacial score (nSPS) is 10.4. The molecule has 0 radical (unpaired) electrons. The Hall–Kier alpha value is -1.29. The molecule has 2 nitrogen and oxygen atoms in total. The Balaban J connectivity index is 3.07. The molecule has 0 aliphatic heterocycles. The van der Waals surface area contributed by atoms with Crippen LogP contribution in [-0.4, -0.2) is 4.98 Å². The highest BCUT2D eigenvalue weighted by Gasteiger charge is 2.03. The minimum atomic E-state index is -0.498. The van der Waals surface area contributed by atoms with Crippen LogP contribution >= 0.6 is 11.3 Å². The second-order valence-electron chi connectivity index (χ2n) is 2.27. The molecule has 2 rings (SSSR count). The molecular weight excluding hydrogens is 177 g/mol. The highest BCUT2D eigenvalue weighted by molar-refractivity contribution is 7.16. The predicted octanol–water partition coefficient (Wildman–Crippen LogP) is 1.80. The van der Waals surface area contributed by atoms with Crippen LogP contribution < -0.4 is 5.56 Å². The number of aromatic nitrogens is 1. The van der Waals surface area contributed by atoms with Gasteiger partial charge in [-0.25, -0.2) is 9.37 Å². The largest absolute Gasteiger partial charge is 0.282 e. The van der Waals surface area contributed by atoms with E-state index in [0.717, 1.165) is 0 Å². The topological polar surface area (TPSA) is 30.0 Å². The van der Waals surface area contributed by atoms with Gasteiger partial charge in [0.2, 0.25) is 0 Å². The van der Waals surface area contributed by atoms with E-state index in [1.165, 1.54) is 22.9 Å². The molecule has 60 valence electrons. The van der Waals surface area contributed by atoms with Gasteiger partial charge in [-0.2, -0.15) is 0 Å². The molecule has 0 bridgehead atoms. The van der Waals surface area contributed by atoms with Crippen LogP contribution in [0, 0.1) is 5.82 Å². The van der Waals surface area contributed by atoms with Gasteiger partial charge in [0.05, 0.1) is 10.9 Å². The van der Waals surface area contributed by atoms with E-state index < -0.39 is 11.4 Å². The van der Waals surface area contributed by atoms with Crippen molar-refractivity contribution < 1.29 is 4.39 Å². The van der Waals surface area contributed by atoms with E-state index in [-0.39, 0.29) is 5.39 Å². The third-order valence-corrected chi connectivity index (χ3v) is 2.34. The standard InChI is InChI=1S/C8H4FNOS/c9-5-2-1-3-6-7(5)8(11)10-4-12-6/h1-4H. The minimum absolute atomic E-state index is 0.0880. The zero-order chi connectivity index (χ0) is 8.55. The number of nitrogens with zero attached hydrogens (tertiary/aromatic N) is 1. The van der Waals surface area contributed by atoms with Crippen molar-refractivity contribution in [1.29, 1.82) is 0 Å². The molecule has 0 saturated heterocycles. The van der Waals surface area contributed by atoms with E-state index >= 15 is 0 Å². The van der Waals surface area contributed by atoms with Gasteiger partial charge in [-0.3, -0.25) is 4.79 Å². The van der Waals surface area contributed by atoms with Crippen LogP contribution in [-0.2, 0) is 0 Å². The molecule has 1 heterocycles. The van der Waals surface area contributed by atoms with E-state index in [4.69, 9.17) is 0 Å². The molecule has 2 aromatic rings. The first-order chi connectivity index (χ1) is 5.79. The molecule has 0 N–H and O–H groups in total. The number of halogens is 1. The highest BCUT2D eigenvalue weighted by Crippen LogP contribution is 2.15. The maximum Gasteiger partial charge on any atom is 0.282 e. The summed E-state index contributed by atoms with van der Waals surface area (Å²) in [5.41, 5.74) is 0.922. The molecular formula is C8H4FNOS. The Morgan fingerprint density at radius 1 is 1.42 bits per heavy atom. The van der Waals surface area contributed by atoms with Gasteiger partial charge in [0.15, 0.2) is 0 Å². The lowest BCUT2D eigenvalue weighted by atomic mass is 10.3. The van der Waals surface area contributed by atoms with Crippen molar-refractivity contribution in [2.24, 2.45) is 0 Å². The van der Waals surface area contributed by atoms with Gasteiger partial charge < -0.3 is 0 Å². The maximum absolute atomic E-state index is 13.0. The molecule has 0 unspecified atom stereocenters. The van der Waals surface area contributed by atoms with Crippen molar-refractivity contribution in [3.05, 3.63) is 39.9 Å². The SMILES string of the molecule is O=c1ncsc2cccc(F)c12. The summed E-state index contributed by atoms with van der Waals surface area (Å²) in [6.07, 6.45) is 0. The van der Waals surface area contributed by atoms with Crippen molar-refractivity contribution >= 4 is 21.4 Å². The molecule has 0 aliphatic carbocycles. The van der Waals surface area contributed by atoms with Crippen LogP contribution in [0.5, 0.6) is 0 Å². The molecule has 12 heavy (non-hydrogen) atoms. The maximum atomic E-state index is 13.0. The van der Waals surface area contributed by atoms with Crippen LogP contribution in [0.4, 0.5) is 4.39 Å². The van der Waals surface area contributed by atoms with Crippen molar-refractivity contribution in [3.8, 4) is 0 Å². The molecule has 0 atom stereocenters. The fraction of sp³-hybridized carbons (Fsp3) is 0. The molecule has 0 aliphatic rings. The molecule has 0 saturated carbocycles. The lowest BCUT2D eigenvalue weighted by molar-refractivity contribution is 0.639. The fourth-order valence-electron chi connectivity index (χ4n) is 1.01. The summed E-state index contributed by atoms with van der Waals surface area (Å²) < 4.78 is 13.6. The lowest BCUT2D eigenvalue weighted by Crippen LogP contribution is -2.04. The Morgan fingerprint density at radius 3 is 3.00 bits per heavy atom. The van der Waals surface area contributed by atoms with E-state index in [1.54, 1.807) is 12.1 Å². The van der Waals surface area contributed by atoms with Crippen LogP contribution in [0.25, 0.3) is 10.1 Å². The first-order valence-electron chi connectivity index (χ1n) is 3.31. The number of hydrogen-bond donors (Lipinski definition) is 0. The number of fused-ring (bicyclic) bond motifs is 1. The Kier molecular flexibility index (Phi) is 1.62. The van der Waals surface area contributed by atoms with E-state index in [2.05, 4.69) is 4.98 Å². The van der Waals surface area contributed by atoms with Crippen molar-refractivity contribution in [3.63, 3.8) is 0 Å². The third kappa shape index (κ3) is 1.00. The van der Waals surface area contributed by atoms with E-state index in [1.807, 2.05) is 0 Å². The van der Waals surface area contributed by atoms with Gasteiger partial charge in [0.25, 0.3) is 5.56 Å². The zero-order valence-corrected chi connectivity index (χ0v) is 6.77. The zero-order valence-electron chi connectivity index (χ0n) is 5.95. The average molecular weight is 181 g/mol. The monoisotopic (exact) mass is 181 g/mol. The average Bonchev–Trinajstić information content (AvgIpc) is 2.04. The van der Waals surface area contributed by atoms with Gasteiger partial charge in [-0.05, 0) is 12.1 Å². The summed E-state index contributed by atoms with van der Waals surface area (Å²) in [7, 11) is 0. The summed E-state index contributed by atoms with van der Waals surface area (Å²) in [6.45, 7) is 0. The van der Waals surface area contributed by atoms with Gasteiger partial charge >= 0.3 is 0 Å². The van der Waals surface area contributed by atoms with Crippen LogP contribution in [0.1, 0.15) is 0 Å². The van der Waals surface area contributed by atoms with Crippen molar-refractivity contribution in [2.75, 3.05) is 0 Å². The van der Waals surface area contributed by atoms with Gasteiger partial charge in [-0.1, -0.05) is 6.07 Å². The van der Waals surface area contributed by atoms with E-state index in [9.17, 15) is 9.18 Å². The van der Waals surface area contributed by atoms with Crippen LogP contribution in [0.3, 0.4) is 0 Å². The number of rotatable bonds is 0. The van der Waals surface area contributed by atoms with Gasteiger partial charge in [-0.15, -0.1) is 11.3 Å². The molecule has 4 heteroatoms. The molecule has 1 aromatic heterocycles. The van der Waals surface area contributed by atoms with Crippen molar-refractivity contribution in [2.45, 2.75) is 0 Å². The number of hydrogen-bond acceptors (Lipinski definition) is 3. The second kappa shape index (κ2) is 2.64. The van der Waals surface area contributed by atoms with E-state index in [0.29, 0.717) is 4.70 Å². The summed E-state index contributed by atoms with van der Waals surface area (Å²) in [5, 5.41) is 0.0880. The quantitative estimate of drug-likeness (QED) is 0.620. The fourth-order valence-corrected chi connectivity index (χ4v) is 1.73. The molecule has 0 amide bonds. The summed E-state index contributed by atoms with van der Waals surface area (Å²) in [6, 6.07) is 4.54. The first kappa shape index (κ1) is 7.36. The third-order valence-electron chi connectivity index (χ3n) is 1.54. The Labute approximate surface area is 71.3 Å². The smallest absolute Gasteiger partial charge is 0.267 e. The van der Waals surface area contributed by atoms with Gasteiger partial charge in [0, 0.05) is 4.70 Å². The first-order valence-corrected chi connectivity index (χ1v) is 4.19. The Bertz CT molecular complexity index is 474. The predicted molar refractivity (Wildman–Crippen MR) is 45.8 cm³/mol. The minimum Gasteiger partial charge on any atom is -0.267 e. The summed E-state index contributed by atoms with van der Waals surface area (Å²) in [4.78, 5) is 14.5. The Morgan fingerprint density at radius 2 is 2.25 bits per heavy atom.